The molecule has 1 aromatic carbocycles. The van der Waals surface area contributed by atoms with Crippen LogP contribution in [-0.2, 0) is 14.6 Å². The minimum Gasteiger partial charge on any atom is -0.482 e. The van der Waals surface area contributed by atoms with Crippen LogP contribution in [0.3, 0.4) is 0 Å². The van der Waals surface area contributed by atoms with Crippen molar-refractivity contribution in [1.29, 1.82) is 0 Å². The number of hydrogen-bond donors (Lipinski definition) is 0. The van der Waals surface area contributed by atoms with Gasteiger partial charge in [-0.2, -0.15) is 0 Å². The fourth-order valence-corrected chi connectivity index (χ4v) is 5.91. The van der Waals surface area contributed by atoms with Crippen LogP contribution in [0.4, 0.5) is 0 Å². The average Bonchev–Trinajstić information content (AvgIpc) is 2.96. The first kappa shape index (κ1) is 19.8. The van der Waals surface area contributed by atoms with Gasteiger partial charge in [-0.3, -0.25) is 4.79 Å². The Labute approximate surface area is 164 Å². The molecule has 1 aliphatic heterocycles. The van der Waals surface area contributed by atoms with Crippen molar-refractivity contribution in [2.24, 2.45) is 0 Å². The van der Waals surface area contributed by atoms with Gasteiger partial charge in [-0.05, 0) is 31.4 Å². The van der Waals surface area contributed by atoms with Gasteiger partial charge in [-0.15, -0.1) is 0 Å². The summed E-state index contributed by atoms with van der Waals surface area (Å²) in [5.74, 6) is 0.368. The van der Waals surface area contributed by atoms with E-state index in [-0.39, 0.29) is 36.1 Å². The molecule has 1 atom stereocenters. The van der Waals surface area contributed by atoms with Crippen LogP contribution in [0, 0.1) is 0 Å². The first-order chi connectivity index (χ1) is 12.4. The minimum atomic E-state index is -3.07. The molecule has 0 aromatic heterocycles. The van der Waals surface area contributed by atoms with Gasteiger partial charge in [0.1, 0.15) is 5.75 Å². The summed E-state index contributed by atoms with van der Waals surface area (Å²) in [7, 11) is -3.07. The van der Waals surface area contributed by atoms with Crippen molar-refractivity contribution in [2.75, 3.05) is 18.1 Å². The molecular formula is C18H23Cl2NO4S. The van der Waals surface area contributed by atoms with Crippen LogP contribution in [0.2, 0.25) is 10.0 Å². The Morgan fingerprint density at radius 3 is 2.50 bits per heavy atom. The molecule has 1 saturated heterocycles. The van der Waals surface area contributed by atoms with Crippen molar-refractivity contribution >= 4 is 38.9 Å². The molecule has 1 heterocycles. The zero-order chi connectivity index (χ0) is 18.7. The number of carbonyl (C=O) groups is 1. The first-order valence-corrected chi connectivity index (χ1v) is 11.5. The van der Waals surface area contributed by atoms with E-state index in [1.54, 1.807) is 23.1 Å². The highest BCUT2D eigenvalue weighted by atomic mass is 35.5. The Morgan fingerprint density at radius 1 is 1.12 bits per heavy atom. The number of ether oxygens (including phenoxy) is 1. The van der Waals surface area contributed by atoms with Gasteiger partial charge < -0.3 is 9.64 Å². The number of benzene rings is 1. The summed E-state index contributed by atoms with van der Waals surface area (Å²) in [6.07, 6.45) is 5.63. The molecule has 8 heteroatoms. The van der Waals surface area contributed by atoms with Crippen molar-refractivity contribution in [3.63, 3.8) is 0 Å². The smallest absolute Gasteiger partial charge is 0.261 e. The number of hydrogen-bond acceptors (Lipinski definition) is 4. The molecule has 2 fully saturated rings. The maximum Gasteiger partial charge on any atom is 0.261 e. The summed E-state index contributed by atoms with van der Waals surface area (Å²) in [6, 6.07) is 4.67. The number of rotatable bonds is 5. The Bertz CT molecular complexity index is 762. The standard InChI is InChI=1S/C18H23Cl2NO4S/c19-13-6-7-16(20)17(10-13)25-11-18(22)21(14-4-2-1-3-5-14)15-8-9-26(23,24)12-15/h6-7,10,14-15H,1-5,8-9,11-12H2/t15-/m0/s1. The Kier molecular flexibility index (Phi) is 6.36. The molecule has 1 saturated carbocycles. The maximum absolute atomic E-state index is 12.9. The van der Waals surface area contributed by atoms with Gasteiger partial charge in [0.15, 0.2) is 16.4 Å². The van der Waals surface area contributed by atoms with Crippen LogP contribution < -0.4 is 4.74 Å². The Morgan fingerprint density at radius 2 is 1.85 bits per heavy atom. The van der Waals surface area contributed by atoms with E-state index in [0.717, 1.165) is 32.1 Å². The first-order valence-electron chi connectivity index (χ1n) is 8.95. The Balaban J connectivity index is 1.73. The van der Waals surface area contributed by atoms with Crippen molar-refractivity contribution in [2.45, 2.75) is 50.6 Å². The molecule has 0 unspecified atom stereocenters. The largest absolute Gasteiger partial charge is 0.482 e. The molecule has 5 nitrogen and oxygen atoms in total. The van der Waals surface area contributed by atoms with Gasteiger partial charge in [-0.25, -0.2) is 8.42 Å². The number of carbonyl (C=O) groups excluding carboxylic acids is 1. The van der Waals surface area contributed by atoms with Crippen molar-refractivity contribution in [3.05, 3.63) is 28.2 Å². The van der Waals surface area contributed by atoms with Crippen LogP contribution >= 0.6 is 23.2 Å². The second kappa shape index (κ2) is 8.36. The van der Waals surface area contributed by atoms with E-state index in [9.17, 15) is 13.2 Å². The third-order valence-electron chi connectivity index (χ3n) is 5.10. The molecule has 2 aliphatic rings. The summed E-state index contributed by atoms with van der Waals surface area (Å²) < 4.78 is 29.4. The molecule has 26 heavy (non-hydrogen) atoms. The highest BCUT2D eigenvalue weighted by Crippen LogP contribution is 2.30. The lowest BCUT2D eigenvalue weighted by molar-refractivity contribution is -0.138. The van der Waals surface area contributed by atoms with Crippen molar-refractivity contribution in [1.82, 2.24) is 4.90 Å². The number of nitrogens with zero attached hydrogens (tertiary/aromatic N) is 1. The lowest BCUT2D eigenvalue weighted by atomic mass is 9.93. The molecule has 1 aromatic rings. The second-order valence-corrected chi connectivity index (χ2v) is 10.1. The summed E-state index contributed by atoms with van der Waals surface area (Å²) in [5, 5.41) is 0.859. The van der Waals surface area contributed by atoms with Crippen molar-refractivity contribution in [3.8, 4) is 5.75 Å². The predicted molar refractivity (Wildman–Crippen MR) is 103 cm³/mol. The van der Waals surface area contributed by atoms with Crippen LogP contribution in [0.5, 0.6) is 5.75 Å². The molecule has 0 spiro atoms. The third kappa shape index (κ3) is 4.84. The molecule has 1 amide bonds. The number of sulfone groups is 1. The number of amides is 1. The maximum atomic E-state index is 12.9. The van der Waals surface area contributed by atoms with Crippen LogP contribution in [0.25, 0.3) is 0 Å². The van der Waals surface area contributed by atoms with E-state index in [4.69, 9.17) is 27.9 Å². The molecule has 144 valence electrons. The topological polar surface area (TPSA) is 63.7 Å². The van der Waals surface area contributed by atoms with Gasteiger partial charge in [0.05, 0.1) is 16.5 Å². The van der Waals surface area contributed by atoms with E-state index < -0.39 is 9.84 Å². The molecule has 1 aliphatic carbocycles. The molecule has 0 radical (unpaired) electrons. The van der Waals surface area contributed by atoms with Gasteiger partial charge in [0.2, 0.25) is 0 Å². The predicted octanol–water partition coefficient (Wildman–Crippen LogP) is 3.72. The fraction of sp³-hybridized carbons (Fsp3) is 0.611. The highest BCUT2D eigenvalue weighted by molar-refractivity contribution is 7.91. The van der Waals surface area contributed by atoms with Gasteiger partial charge in [0.25, 0.3) is 5.91 Å². The zero-order valence-electron chi connectivity index (χ0n) is 14.5. The Hall–Kier alpha value is -0.980. The van der Waals surface area contributed by atoms with Gasteiger partial charge in [-0.1, -0.05) is 42.5 Å². The molecule has 3 rings (SSSR count). The average molecular weight is 420 g/mol. The highest BCUT2D eigenvalue weighted by Gasteiger charge is 2.38. The quantitative estimate of drug-likeness (QED) is 0.729. The molecule has 0 bridgehead atoms. The van der Waals surface area contributed by atoms with E-state index in [1.165, 1.54) is 0 Å². The second-order valence-electron chi connectivity index (χ2n) is 7.01. The van der Waals surface area contributed by atoms with Gasteiger partial charge >= 0.3 is 0 Å². The molecular weight excluding hydrogens is 397 g/mol. The normalized spacial score (nSPS) is 22.9. The van der Waals surface area contributed by atoms with E-state index in [0.29, 0.717) is 22.2 Å². The van der Waals surface area contributed by atoms with Crippen LogP contribution in [0.1, 0.15) is 38.5 Å². The lowest BCUT2D eigenvalue weighted by Crippen LogP contribution is -2.50. The SMILES string of the molecule is O=C(COc1cc(Cl)ccc1Cl)N(C1CCCCC1)[C@H]1CCS(=O)(=O)C1. The minimum absolute atomic E-state index is 0.0488. The lowest BCUT2D eigenvalue weighted by Gasteiger charge is -2.38. The summed E-state index contributed by atoms with van der Waals surface area (Å²) in [4.78, 5) is 14.7. The summed E-state index contributed by atoms with van der Waals surface area (Å²) in [6.45, 7) is -0.174. The van der Waals surface area contributed by atoms with Gasteiger partial charge in [0, 0.05) is 23.2 Å². The third-order valence-corrected chi connectivity index (χ3v) is 7.40. The monoisotopic (exact) mass is 419 g/mol. The fourth-order valence-electron chi connectivity index (χ4n) is 3.86. The van der Waals surface area contributed by atoms with E-state index >= 15 is 0 Å². The van der Waals surface area contributed by atoms with Crippen molar-refractivity contribution < 1.29 is 17.9 Å². The summed E-state index contributed by atoms with van der Waals surface area (Å²) >= 11 is 12.0. The van der Waals surface area contributed by atoms with E-state index in [1.807, 2.05) is 0 Å². The zero-order valence-corrected chi connectivity index (χ0v) is 16.8. The number of halogens is 2. The van der Waals surface area contributed by atoms with E-state index in [2.05, 4.69) is 0 Å². The van der Waals surface area contributed by atoms with Crippen LogP contribution in [0.15, 0.2) is 18.2 Å². The molecule has 0 N–H and O–H groups in total. The van der Waals surface area contributed by atoms with Crippen LogP contribution in [-0.4, -0.2) is 49.4 Å². The summed E-state index contributed by atoms with van der Waals surface area (Å²) in [5.41, 5.74) is 0.